The minimum Gasteiger partial charge on any atom is -0.484 e. The monoisotopic (exact) mass is 273 g/mol. The predicted molar refractivity (Wildman–Crippen MR) is 71.0 cm³/mol. The van der Waals surface area contributed by atoms with Gasteiger partial charge in [0.1, 0.15) is 17.6 Å². The quantitative estimate of drug-likeness (QED) is 0.841. The molecule has 0 saturated carbocycles. The number of benzene rings is 1. The molecule has 4 rings (SSSR count). The van der Waals surface area contributed by atoms with E-state index < -0.39 is 0 Å². The molecule has 0 N–H and O–H groups in total. The zero-order valence-electron chi connectivity index (χ0n) is 11.2. The van der Waals surface area contributed by atoms with Gasteiger partial charge in [0, 0.05) is 18.2 Å². The third-order valence-corrected chi connectivity index (χ3v) is 3.64. The maximum absolute atomic E-state index is 6.10. The first-order chi connectivity index (χ1) is 9.79. The Bertz CT molecular complexity index is 637. The third kappa shape index (κ3) is 1.91. The maximum Gasteiger partial charge on any atom is 0.231 e. The Morgan fingerprint density at radius 3 is 3.05 bits per heavy atom. The third-order valence-electron chi connectivity index (χ3n) is 3.64. The zero-order chi connectivity index (χ0) is 13.5. The molecule has 2 aromatic rings. The highest BCUT2D eigenvalue weighted by molar-refractivity contribution is 5.47. The summed E-state index contributed by atoms with van der Waals surface area (Å²) in [5, 5.41) is 0. The van der Waals surface area contributed by atoms with E-state index in [1.54, 1.807) is 6.26 Å². The topological polar surface area (TPSA) is 44.1 Å². The van der Waals surface area contributed by atoms with Gasteiger partial charge in [0.05, 0.1) is 12.8 Å². The smallest absolute Gasteiger partial charge is 0.231 e. The van der Waals surface area contributed by atoms with Crippen molar-refractivity contribution >= 4 is 0 Å². The summed E-state index contributed by atoms with van der Waals surface area (Å²) in [6.07, 6.45) is 1.70. The van der Waals surface area contributed by atoms with Gasteiger partial charge in [0.2, 0.25) is 6.79 Å². The molecule has 0 radical (unpaired) electrons. The molecule has 3 heterocycles. The van der Waals surface area contributed by atoms with Crippen molar-refractivity contribution in [2.24, 2.45) is 0 Å². The minimum atomic E-state index is -0.0251. The second-order valence-electron chi connectivity index (χ2n) is 5.12. The van der Waals surface area contributed by atoms with Crippen LogP contribution < -0.4 is 14.2 Å². The summed E-state index contributed by atoms with van der Waals surface area (Å²) in [6.45, 7) is 1.93. The van der Waals surface area contributed by atoms with E-state index in [2.05, 4.69) is 11.9 Å². The van der Waals surface area contributed by atoms with Crippen LogP contribution >= 0.6 is 0 Å². The molecular formula is C15H15NO4. The second-order valence-corrected chi connectivity index (χ2v) is 5.12. The molecule has 1 atom stereocenters. The first-order valence-corrected chi connectivity index (χ1v) is 6.61. The van der Waals surface area contributed by atoms with Crippen LogP contribution in [-0.2, 0) is 6.54 Å². The summed E-state index contributed by atoms with van der Waals surface area (Å²) in [5.41, 5.74) is 1.13. The predicted octanol–water partition coefficient (Wildman–Crippen LogP) is 2.57. The van der Waals surface area contributed by atoms with Crippen molar-refractivity contribution in [3.8, 4) is 17.2 Å². The molecule has 0 amide bonds. The van der Waals surface area contributed by atoms with Crippen LogP contribution in [0.15, 0.2) is 34.9 Å². The molecule has 0 spiro atoms. The van der Waals surface area contributed by atoms with E-state index in [4.69, 9.17) is 18.6 Å². The minimum absolute atomic E-state index is 0.0251. The maximum atomic E-state index is 6.10. The lowest BCUT2D eigenvalue weighted by atomic mass is 10.1. The van der Waals surface area contributed by atoms with Crippen LogP contribution in [0.3, 0.4) is 0 Å². The highest BCUT2D eigenvalue weighted by Gasteiger charge is 2.27. The van der Waals surface area contributed by atoms with Gasteiger partial charge in [-0.3, -0.25) is 4.90 Å². The lowest BCUT2D eigenvalue weighted by Crippen LogP contribution is -2.32. The Morgan fingerprint density at radius 2 is 2.10 bits per heavy atom. The first-order valence-electron chi connectivity index (χ1n) is 6.61. The Kier molecular flexibility index (Phi) is 2.60. The molecular weight excluding hydrogens is 258 g/mol. The van der Waals surface area contributed by atoms with Crippen molar-refractivity contribution < 1.29 is 18.6 Å². The fourth-order valence-electron chi connectivity index (χ4n) is 2.67. The Hall–Kier alpha value is -2.14. The summed E-state index contributed by atoms with van der Waals surface area (Å²) in [7, 11) is 2.06. The van der Waals surface area contributed by atoms with Crippen LogP contribution in [0.2, 0.25) is 0 Å². The largest absolute Gasteiger partial charge is 0.484 e. The number of hydrogen-bond acceptors (Lipinski definition) is 5. The van der Waals surface area contributed by atoms with E-state index in [9.17, 15) is 0 Å². The normalized spacial score (nSPS) is 20.8. The molecule has 20 heavy (non-hydrogen) atoms. The summed E-state index contributed by atoms with van der Waals surface area (Å²) in [6, 6.07) is 7.64. The molecule has 1 aromatic heterocycles. The molecule has 1 unspecified atom stereocenters. The number of ether oxygens (including phenoxy) is 3. The number of hydrogen-bond donors (Lipinski definition) is 0. The summed E-state index contributed by atoms with van der Waals surface area (Å²) in [5.74, 6) is 3.26. The van der Waals surface area contributed by atoms with Gasteiger partial charge in [-0.25, -0.2) is 0 Å². The van der Waals surface area contributed by atoms with Gasteiger partial charge in [-0.1, -0.05) is 0 Å². The molecule has 5 heteroatoms. The number of rotatable bonds is 2. The highest BCUT2D eigenvalue weighted by Crippen LogP contribution is 2.37. The lowest BCUT2D eigenvalue weighted by molar-refractivity contribution is 0.119. The molecule has 0 bridgehead atoms. The molecule has 104 valence electrons. The van der Waals surface area contributed by atoms with Crippen LogP contribution in [0.1, 0.15) is 17.4 Å². The van der Waals surface area contributed by atoms with Crippen LogP contribution in [-0.4, -0.2) is 25.3 Å². The van der Waals surface area contributed by atoms with Gasteiger partial charge in [0.15, 0.2) is 11.5 Å². The van der Waals surface area contributed by atoms with E-state index >= 15 is 0 Å². The Morgan fingerprint density at radius 1 is 1.20 bits per heavy atom. The van der Waals surface area contributed by atoms with Crippen LogP contribution in [0.5, 0.6) is 17.2 Å². The highest BCUT2D eigenvalue weighted by atomic mass is 16.7. The van der Waals surface area contributed by atoms with E-state index in [0.29, 0.717) is 0 Å². The average molecular weight is 273 g/mol. The van der Waals surface area contributed by atoms with E-state index in [0.717, 1.165) is 41.7 Å². The van der Waals surface area contributed by atoms with Gasteiger partial charge < -0.3 is 18.6 Å². The lowest BCUT2D eigenvalue weighted by Gasteiger charge is -2.29. The molecule has 0 aliphatic carbocycles. The number of furan rings is 1. The van der Waals surface area contributed by atoms with Crippen molar-refractivity contribution in [1.29, 1.82) is 0 Å². The van der Waals surface area contributed by atoms with Crippen molar-refractivity contribution in [2.75, 3.05) is 20.4 Å². The molecule has 5 nitrogen and oxygen atoms in total. The van der Waals surface area contributed by atoms with Gasteiger partial charge in [-0.15, -0.1) is 0 Å². The molecule has 0 fully saturated rings. The summed E-state index contributed by atoms with van der Waals surface area (Å²) in [4.78, 5) is 2.18. The van der Waals surface area contributed by atoms with Crippen LogP contribution in [0, 0.1) is 0 Å². The average Bonchev–Trinajstić information content (AvgIpc) is 3.05. The van der Waals surface area contributed by atoms with E-state index in [1.807, 2.05) is 24.3 Å². The fourth-order valence-corrected chi connectivity index (χ4v) is 2.67. The fraction of sp³-hybridized carbons (Fsp3) is 0.333. The van der Waals surface area contributed by atoms with Crippen molar-refractivity contribution in [3.05, 3.63) is 41.9 Å². The molecule has 2 aliphatic heterocycles. The zero-order valence-corrected chi connectivity index (χ0v) is 11.2. The molecule has 1 aromatic carbocycles. The van der Waals surface area contributed by atoms with E-state index in [1.165, 1.54) is 0 Å². The van der Waals surface area contributed by atoms with Crippen molar-refractivity contribution in [3.63, 3.8) is 0 Å². The number of nitrogens with zero attached hydrogens (tertiary/aromatic N) is 1. The number of fused-ring (bicyclic) bond motifs is 2. The molecule has 2 aliphatic rings. The van der Waals surface area contributed by atoms with Gasteiger partial charge >= 0.3 is 0 Å². The van der Waals surface area contributed by atoms with Crippen LogP contribution in [0.25, 0.3) is 0 Å². The molecule has 0 saturated heterocycles. The van der Waals surface area contributed by atoms with Crippen LogP contribution in [0.4, 0.5) is 0 Å². The van der Waals surface area contributed by atoms with Gasteiger partial charge in [-0.05, 0) is 25.2 Å². The van der Waals surface area contributed by atoms with Gasteiger partial charge in [0.25, 0.3) is 0 Å². The summed E-state index contributed by atoms with van der Waals surface area (Å²) >= 11 is 0. The Labute approximate surface area is 116 Å². The van der Waals surface area contributed by atoms with E-state index in [-0.39, 0.29) is 12.9 Å². The SMILES string of the molecule is CN1Cc2occc2C(Oc2ccc3c(c2)OCO3)C1. The Balaban J connectivity index is 1.60. The van der Waals surface area contributed by atoms with Crippen molar-refractivity contribution in [2.45, 2.75) is 12.6 Å². The standard InChI is InChI=1S/C15H15NO4/c1-16-7-14-11(4-5-17-14)15(8-16)20-10-2-3-12-13(6-10)19-9-18-12/h2-6,15H,7-9H2,1H3. The number of likely N-dealkylation sites (N-methyl/N-ethyl adjacent to an activating group) is 1. The first kappa shape index (κ1) is 11.7. The van der Waals surface area contributed by atoms with Crippen molar-refractivity contribution in [1.82, 2.24) is 4.90 Å². The summed E-state index contributed by atoms with van der Waals surface area (Å²) < 4.78 is 22.3. The van der Waals surface area contributed by atoms with Gasteiger partial charge in [-0.2, -0.15) is 0 Å². The second kappa shape index (κ2) is 4.45.